The number of ether oxygens (including phenoxy) is 1. The minimum absolute atomic E-state index is 0.177. The van der Waals surface area contributed by atoms with Gasteiger partial charge < -0.3 is 14.6 Å². The summed E-state index contributed by atoms with van der Waals surface area (Å²) in [4.78, 5) is 16.2. The van der Waals surface area contributed by atoms with Gasteiger partial charge in [-0.15, -0.1) is 10.2 Å². The molecule has 152 valence electrons. The average Bonchev–Trinajstić information content (AvgIpc) is 3.11. The van der Waals surface area contributed by atoms with Gasteiger partial charge in [0.15, 0.2) is 11.0 Å². The lowest BCUT2D eigenvalue weighted by Gasteiger charge is -2.11. The maximum absolute atomic E-state index is 12.2. The Morgan fingerprint density at radius 1 is 1.24 bits per heavy atom. The summed E-state index contributed by atoms with van der Waals surface area (Å²) in [6.07, 6.45) is 1.49. The molecule has 3 rings (SSSR count). The van der Waals surface area contributed by atoms with Crippen LogP contribution < -0.4 is 10.1 Å². The zero-order valence-corrected chi connectivity index (χ0v) is 18.0. The highest BCUT2D eigenvalue weighted by Gasteiger charge is 2.14. The van der Waals surface area contributed by atoms with Crippen molar-refractivity contribution >= 4 is 35.1 Å². The fourth-order valence-electron chi connectivity index (χ4n) is 2.63. The quantitative estimate of drug-likeness (QED) is 0.536. The van der Waals surface area contributed by atoms with Crippen LogP contribution >= 0.6 is 23.4 Å². The van der Waals surface area contributed by atoms with Gasteiger partial charge in [-0.3, -0.25) is 4.79 Å². The fourth-order valence-corrected chi connectivity index (χ4v) is 3.56. The number of halogens is 1. The molecule has 0 aliphatic rings. The molecule has 0 bridgehead atoms. The SMILES string of the molecule is CCn1c(COc2cccc(C)c2C)nnc1SCC(=O)Nc1ccc(Cl)cn1. The number of pyridine rings is 1. The highest BCUT2D eigenvalue weighted by atomic mass is 35.5. The van der Waals surface area contributed by atoms with Gasteiger partial charge in [-0.05, 0) is 50.1 Å². The smallest absolute Gasteiger partial charge is 0.236 e. The first-order chi connectivity index (χ1) is 14.0. The summed E-state index contributed by atoms with van der Waals surface area (Å²) in [7, 11) is 0. The second-order valence-corrected chi connectivity index (χ2v) is 7.71. The van der Waals surface area contributed by atoms with Gasteiger partial charge in [-0.25, -0.2) is 4.98 Å². The molecule has 0 fully saturated rings. The molecule has 0 unspecified atom stereocenters. The first kappa shape index (κ1) is 21.1. The third-order valence-electron chi connectivity index (χ3n) is 4.35. The van der Waals surface area contributed by atoms with Gasteiger partial charge in [0.25, 0.3) is 0 Å². The maximum atomic E-state index is 12.2. The van der Waals surface area contributed by atoms with E-state index < -0.39 is 0 Å². The second-order valence-electron chi connectivity index (χ2n) is 6.33. The lowest BCUT2D eigenvalue weighted by Crippen LogP contribution is -2.15. The van der Waals surface area contributed by atoms with Crippen molar-refractivity contribution in [2.75, 3.05) is 11.1 Å². The summed E-state index contributed by atoms with van der Waals surface area (Å²) in [5, 5.41) is 12.4. The van der Waals surface area contributed by atoms with E-state index >= 15 is 0 Å². The third-order valence-corrected chi connectivity index (χ3v) is 5.54. The second kappa shape index (κ2) is 9.76. The van der Waals surface area contributed by atoms with E-state index in [4.69, 9.17) is 16.3 Å². The Hall–Kier alpha value is -2.58. The van der Waals surface area contributed by atoms with Crippen molar-refractivity contribution in [2.45, 2.75) is 39.1 Å². The van der Waals surface area contributed by atoms with E-state index in [1.165, 1.54) is 23.5 Å². The van der Waals surface area contributed by atoms with Gasteiger partial charge in [-0.2, -0.15) is 0 Å². The normalized spacial score (nSPS) is 10.8. The zero-order valence-electron chi connectivity index (χ0n) is 16.5. The van der Waals surface area contributed by atoms with Gasteiger partial charge >= 0.3 is 0 Å². The van der Waals surface area contributed by atoms with E-state index in [1.807, 2.05) is 30.5 Å². The van der Waals surface area contributed by atoms with Crippen LogP contribution in [0.4, 0.5) is 5.82 Å². The lowest BCUT2D eigenvalue weighted by atomic mass is 10.1. The average molecular weight is 432 g/mol. The molecule has 7 nitrogen and oxygen atoms in total. The first-order valence-corrected chi connectivity index (χ1v) is 10.5. The van der Waals surface area contributed by atoms with Gasteiger partial charge in [0, 0.05) is 12.7 Å². The highest BCUT2D eigenvalue weighted by Crippen LogP contribution is 2.23. The van der Waals surface area contributed by atoms with Crippen LogP contribution in [0.25, 0.3) is 0 Å². The van der Waals surface area contributed by atoms with E-state index in [-0.39, 0.29) is 11.7 Å². The molecule has 0 spiro atoms. The van der Waals surface area contributed by atoms with E-state index in [2.05, 4.69) is 33.5 Å². The molecule has 0 saturated carbocycles. The highest BCUT2D eigenvalue weighted by molar-refractivity contribution is 7.99. The van der Waals surface area contributed by atoms with E-state index in [0.29, 0.717) is 29.1 Å². The molecule has 1 aromatic carbocycles. The Balaban J connectivity index is 1.59. The number of hydrogen-bond acceptors (Lipinski definition) is 6. The molecule has 0 aliphatic heterocycles. The largest absolute Gasteiger partial charge is 0.485 e. The molecule has 3 aromatic rings. The van der Waals surface area contributed by atoms with Crippen molar-refractivity contribution in [2.24, 2.45) is 0 Å². The van der Waals surface area contributed by atoms with Crippen LogP contribution in [0.15, 0.2) is 41.7 Å². The van der Waals surface area contributed by atoms with Crippen molar-refractivity contribution < 1.29 is 9.53 Å². The summed E-state index contributed by atoms with van der Waals surface area (Å²) in [5.41, 5.74) is 2.29. The summed E-state index contributed by atoms with van der Waals surface area (Å²) >= 11 is 7.12. The summed E-state index contributed by atoms with van der Waals surface area (Å²) in [5.74, 6) is 2.03. The van der Waals surface area contributed by atoms with Gasteiger partial charge in [-0.1, -0.05) is 35.5 Å². The number of anilines is 1. The van der Waals surface area contributed by atoms with Crippen LogP contribution in [0.5, 0.6) is 5.75 Å². The summed E-state index contributed by atoms with van der Waals surface area (Å²) in [6, 6.07) is 9.29. The van der Waals surface area contributed by atoms with Crippen LogP contribution in [0.2, 0.25) is 5.02 Å². The van der Waals surface area contributed by atoms with Gasteiger partial charge in [0.05, 0.1) is 10.8 Å². The number of aromatic nitrogens is 4. The van der Waals surface area contributed by atoms with Crippen molar-refractivity contribution in [1.29, 1.82) is 0 Å². The molecular weight excluding hydrogens is 410 g/mol. The minimum atomic E-state index is -0.177. The van der Waals surface area contributed by atoms with Crippen LogP contribution in [0.1, 0.15) is 23.9 Å². The molecule has 9 heteroatoms. The zero-order chi connectivity index (χ0) is 20.8. The summed E-state index contributed by atoms with van der Waals surface area (Å²) < 4.78 is 7.89. The molecule has 29 heavy (non-hydrogen) atoms. The van der Waals surface area contributed by atoms with Crippen LogP contribution in [-0.4, -0.2) is 31.4 Å². The van der Waals surface area contributed by atoms with Gasteiger partial charge in [0.2, 0.25) is 5.91 Å². The number of rotatable bonds is 8. The molecule has 2 heterocycles. The van der Waals surface area contributed by atoms with E-state index in [9.17, 15) is 4.79 Å². The maximum Gasteiger partial charge on any atom is 0.236 e. The molecule has 0 atom stereocenters. The standard InChI is InChI=1S/C20H22ClN5O2S/c1-4-26-18(11-28-16-7-5-6-13(2)14(16)3)24-25-20(26)29-12-19(27)23-17-9-8-15(21)10-22-17/h5-10H,4,11-12H2,1-3H3,(H,22,23,27). The first-order valence-electron chi connectivity index (χ1n) is 9.13. The predicted molar refractivity (Wildman–Crippen MR) is 115 cm³/mol. The van der Waals surface area contributed by atoms with Crippen molar-refractivity contribution in [3.63, 3.8) is 0 Å². The number of benzene rings is 1. The monoisotopic (exact) mass is 431 g/mol. The number of nitrogens with zero attached hydrogens (tertiary/aromatic N) is 4. The topological polar surface area (TPSA) is 81.9 Å². The van der Waals surface area contributed by atoms with Crippen molar-refractivity contribution in [3.05, 3.63) is 58.5 Å². The molecule has 0 aliphatic carbocycles. The Bertz CT molecular complexity index is 991. The number of aryl methyl sites for hydroxylation is 1. The lowest BCUT2D eigenvalue weighted by molar-refractivity contribution is -0.113. The Labute approximate surface area is 178 Å². The van der Waals surface area contributed by atoms with Crippen molar-refractivity contribution in [3.8, 4) is 5.75 Å². The number of carbonyl (C=O) groups is 1. The van der Waals surface area contributed by atoms with E-state index in [1.54, 1.807) is 12.1 Å². The Morgan fingerprint density at radius 2 is 2.07 bits per heavy atom. The van der Waals surface area contributed by atoms with E-state index in [0.717, 1.165) is 17.1 Å². The Morgan fingerprint density at radius 3 is 2.79 bits per heavy atom. The molecular formula is C20H22ClN5O2S. The number of thioether (sulfide) groups is 1. The molecule has 0 radical (unpaired) electrons. The minimum Gasteiger partial charge on any atom is -0.485 e. The molecule has 0 saturated heterocycles. The van der Waals surface area contributed by atoms with Crippen molar-refractivity contribution in [1.82, 2.24) is 19.7 Å². The predicted octanol–water partition coefficient (Wildman–Crippen LogP) is 4.27. The number of amides is 1. The third kappa shape index (κ3) is 5.48. The number of hydrogen-bond donors (Lipinski definition) is 1. The van der Waals surface area contributed by atoms with Crippen LogP contribution in [0, 0.1) is 13.8 Å². The number of carbonyl (C=O) groups excluding carboxylic acids is 1. The summed E-state index contributed by atoms with van der Waals surface area (Å²) in [6.45, 7) is 7.08. The molecule has 1 N–H and O–H groups in total. The van der Waals surface area contributed by atoms with Crippen LogP contribution in [-0.2, 0) is 17.9 Å². The van der Waals surface area contributed by atoms with Gasteiger partial charge in [0.1, 0.15) is 18.2 Å². The molecule has 2 aromatic heterocycles. The van der Waals surface area contributed by atoms with Crippen LogP contribution in [0.3, 0.4) is 0 Å². The molecule has 1 amide bonds. The number of nitrogens with one attached hydrogen (secondary N) is 1. The Kier molecular flexibility index (Phi) is 7.11. The fraction of sp³-hybridized carbons (Fsp3) is 0.300.